The summed E-state index contributed by atoms with van der Waals surface area (Å²) in [6, 6.07) is 17.2. The van der Waals surface area contributed by atoms with E-state index in [1.54, 1.807) is 0 Å². The number of aryl methyl sites for hydroxylation is 3. The topological polar surface area (TPSA) is 22.1 Å². The zero-order chi connectivity index (χ0) is 16.1. The van der Waals surface area contributed by atoms with Gasteiger partial charge in [0.25, 0.3) is 0 Å². The van der Waals surface area contributed by atoms with Gasteiger partial charge in [0.05, 0.1) is 6.61 Å². The van der Waals surface area contributed by atoms with Crippen LogP contribution in [0.3, 0.4) is 0 Å². The zero-order valence-corrected chi connectivity index (χ0v) is 13.9. The van der Waals surface area contributed by atoms with E-state index in [9.17, 15) is 0 Å². The van der Waals surface area contributed by atoms with Gasteiger partial charge in [0, 0.05) is 23.5 Å². The van der Waals surface area contributed by atoms with Crippen molar-refractivity contribution in [1.29, 1.82) is 0 Å². The molecular weight excluding hydrogens is 282 g/mol. The van der Waals surface area contributed by atoms with Crippen LogP contribution in [0.4, 0.5) is 0 Å². The lowest BCUT2D eigenvalue weighted by atomic mass is 10.00. The van der Waals surface area contributed by atoms with Gasteiger partial charge in [-0.2, -0.15) is 0 Å². The molecule has 1 aromatic heterocycles. The maximum absolute atomic E-state index is 5.81. The highest BCUT2D eigenvalue weighted by molar-refractivity contribution is 5.85. The van der Waals surface area contributed by atoms with Crippen molar-refractivity contribution in [2.75, 3.05) is 6.61 Å². The van der Waals surface area contributed by atoms with Gasteiger partial charge in [0.1, 0.15) is 5.75 Å². The Bertz CT molecular complexity index is 789. The molecule has 1 heterocycles. The Hall–Kier alpha value is -2.35. The quantitative estimate of drug-likeness (QED) is 0.631. The predicted molar refractivity (Wildman–Crippen MR) is 96.1 cm³/mol. The van der Waals surface area contributed by atoms with E-state index < -0.39 is 0 Å². The number of nitrogens with zero attached hydrogens (tertiary/aromatic N) is 1. The van der Waals surface area contributed by atoms with Crippen LogP contribution in [0.25, 0.3) is 10.8 Å². The number of pyridine rings is 1. The van der Waals surface area contributed by atoms with Gasteiger partial charge in [-0.05, 0) is 42.5 Å². The SMILES string of the molecule is CCCOc1cc(CCc2cccc3ccccc23)ncc1C. The second-order valence-electron chi connectivity index (χ2n) is 5.93. The van der Waals surface area contributed by atoms with Gasteiger partial charge in [-0.15, -0.1) is 0 Å². The van der Waals surface area contributed by atoms with Crippen LogP contribution in [0.15, 0.2) is 54.7 Å². The normalized spacial score (nSPS) is 10.9. The molecule has 0 radical (unpaired) electrons. The van der Waals surface area contributed by atoms with Crippen molar-refractivity contribution >= 4 is 10.8 Å². The van der Waals surface area contributed by atoms with Crippen molar-refractivity contribution in [1.82, 2.24) is 4.98 Å². The maximum Gasteiger partial charge on any atom is 0.125 e. The summed E-state index contributed by atoms with van der Waals surface area (Å²) in [6.45, 7) is 4.93. The Morgan fingerprint density at radius 1 is 1.00 bits per heavy atom. The van der Waals surface area contributed by atoms with Crippen molar-refractivity contribution in [3.63, 3.8) is 0 Å². The van der Waals surface area contributed by atoms with Crippen LogP contribution < -0.4 is 4.74 Å². The molecule has 0 atom stereocenters. The van der Waals surface area contributed by atoms with Crippen molar-refractivity contribution in [2.24, 2.45) is 0 Å². The minimum atomic E-state index is 0.758. The third-order valence-electron chi connectivity index (χ3n) is 4.10. The molecule has 0 N–H and O–H groups in total. The molecule has 0 fully saturated rings. The Kier molecular flexibility index (Phi) is 4.92. The van der Waals surface area contributed by atoms with E-state index in [4.69, 9.17) is 4.74 Å². The van der Waals surface area contributed by atoms with Crippen LogP contribution in [-0.4, -0.2) is 11.6 Å². The van der Waals surface area contributed by atoms with Crippen molar-refractivity contribution in [3.8, 4) is 5.75 Å². The number of ether oxygens (including phenoxy) is 1. The molecule has 0 saturated heterocycles. The first-order chi connectivity index (χ1) is 11.3. The van der Waals surface area contributed by atoms with Gasteiger partial charge in [-0.25, -0.2) is 0 Å². The van der Waals surface area contributed by atoms with Gasteiger partial charge in [0.2, 0.25) is 0 Å². The minimum absolute atomic E-state index is 0.758. The summed E-state index contributed by atoms with van der Waals surface area (Å²) in [5, 5.41) is 2.64. The molecule has 0 spiro atoms. The van der Waals surface area contributed by atoms with E-state index in [2.05, 4.69) is 60.4 Å². The van der Waals surface area contributed by atoms with Gasteiger partial charge >= 0.3 is 0 Å². The number of aromatic nitrogens is 1. The first-order valence-electron chi connectivity index (χ1n) is 8.33. The molecule has 2 nitrogen and oxygen atoms in total. The smallest absolute Gasteiger partial charge is 0.125 e. The van der Waals surface area contributed by atoms with E-state index in [0.29, 0.717) is 0 Å². The Morgan fingerprint density at radius 3 is 2.70 bits per heavy atom. The fourth-order valence-corrected chi connectivity index (χ4v) is 2.82. The molecule has 0 unspecified atom stereocenters. The number of hydrogen-bond acceptors (Lipinski definition) is 2. The molecule has 0 amide bonds. The molecule has 0 bridgehead atoms. The average Bonchev–Trinajstić information content (AvgIpc) is 2.60. The molecule has 2 heteroatoms. The first-order valence-corrected chi connectivity index (χ1v) is 8.33. The highest BCUT2D eigenvalue weighted by Gasteiger charge is 2.05. The molecule has 0 aliphatic heterocycles. The minimum Gasteiger partial charge on any atom is -0.493 e. The van der Waals surface area contributed by atoms with E-state index in [-0.39, 0.29) is 0 Å². The molecule has 3 aromatic rings. The van der Waals surface area contributed by atoms with E-state index in [1.807, 2.05) is 13.1 Å². The molecule has 23 heavy (non-hydrogen) atoms. The van der Waals surface area contributed by atoms with Crippen LogP contribution in [-0.2, 0) is 12.8 Å². The van der Waals surface area contributed by atoms with Crippen LogP contribution in [0.2, 0.25) is 0 Å². The van der Waals surface area contributed by atoms with Crippen LogP contribution in [0.1, 0.15) is 30.2 Å². The van der Waals surface area contributed by atoms with Crippen LogP contribution in [0, 0.1) is 6.92 Å². The molecule has 0 saturated carbocycles. The second-order valence-corrected chi connectivity index (χ2v) is 5.93. The molecule has 0 aliphatic rings. The predicted octanol–water partition coefficient (Wildman–Crippen LogP) is 5.12. The third kappa shape index (κ3) is 3.70. The fourth-order valence-electron chi connectivity index (χ4n) is 2.82. The summed E-state index contributed by atoms with van der Waals surface area (Å²) in [5.74, 6) is 0.967. The number of rotatable bonds is 6. The molecule has 0 aliphatic carbocycles. The van der Waals surface area contributed by atoms with Crippen LogP contribution in [0.5, 0.6) is 5.75 Å². The first kappa shape index (κ1) is 15.5. The zero-order valence-electron chi connectivity index (χ0n) is 13.9. The van der Waals surface area contributed by atoms with Crippen molar-refractivity contribution < 1.29 is 4.74 Å². The fraction of sp³-hybridized carbons (Fsp3) is 0.286. The molecular formula is C21H23NO. The molecule has 2 aromatic carbocycles. The largest absolute Gasteiger partial charge is 0.493 e. The lowest BCUT2D eigenvalue weighted by molar-refractivity contribution is 0.314. The molecule has 118 valence electrons. The third-order valence-corrected chi connectivity index (χ3v) is 4.10. The summed E-state index contributed by atoms with van der Waals surface area (Å²) in [4.78, 5) is 4.56. The van der Waals surface area contributed by atoms with Gasteiger partial charge < -0.3 is 4.74 Å². The van der Waals surface area contributed by atoms with Crippen molar-refractivity contribution in [2.45, 2.75) is 33.1 Å². The number of fused-ring (bicyclic) bond motifs is 1. The highest BCUT2D eigenvalue weighted by Crippen LogP contribution is 2.22. The van der Waals surface area contributed by atoms with Crippen molar-refractivity contribution in [3.05, 3.63) is 71.5 Å². The van der Waals surface area contributed by atoms with E-state index in [1.165, 1.54) is 16.3 Å². The van der Waals surface area contributed by atoms with E-state index in [0.717, 1.165) is 42.9 Å². The highest BCUT2D eigenvalue weighted by atomic mass is 16.5. The van der Waals surface area contributed by atoms with Crippen LogP contribution >= 0.6 is 0 Å². The standard InChI is InChI=1S/C21H23NO/c1-3-13-23-21-14-19(22-15-16(21)2)12-11-18-9-6-8-17-7-4-5-10-20(17)18/h4-10,14-15H,3,11-13H2,1-2H3. The van der Waals surface area contributed by atoms with Gasteiger partial charge in [-0.3, -0.25) is 4.98 Å². The lowest BCUT2D eigenvalue weighted by Crippen LogP contribution is -2.01. The Labute approximate surface area is 138 Å². The number of benzene rings is 2. The average molecular weight is 305 g/mol. The summed E-state index contributed by atoms with van der Waals surface area (Å²) in [7, 11) is 0. The Balaban J connectivity index is 1.77. The van der Waals surface area contributed by atoms with E-state index >= 15 is 0 Å². The van der Waals surface area contributed by atoms with Gasteiger partial charge in [0.15, 0.2) is 0 Å². The summed E-state index contributed by atoms with van der Waals surface area (Å²) >= 11 is 0. The van der Waals surface area contributed by atoms with Gasteiger partial charge in [-0.1, -0.05) is 49.4 Å². The summed E-state index contributed by atoms with van der Waals surface area (Å²) < 4.78 is 5.81. The lowest BCUT2D eigenvalue weighted by Gasteiger charge is -2.10. The summed E-state index contributed by atoms with van der Waals surface area (Å²) in [5.41, 5.74) is 3.57. The maximum atomic E-state index is 5.81. The number of hydrogen-bond donors (Lipinski definition) is 0. The summed E-state index contributed by atoms with van der Waals surface area (Å²) in [6.07, 6.45) is 4.86. The Morgan fingerprint density at radius 2 is 1.83 bits per heavy atom. The molecule has 3 rings (SSSR count). The monoisotopic (exact) mass is 305 g/mol. The second kappa shape index (κ2) is 7.28.